The van der Waals surface area contributed by atoms with Crippen molar-refractivity contribution in [2.45, 2.75) is 18.9 Å². The number of hydrogen-bond donors (Lipinski definition) is 3. The summed E-state index contributed by atoms with van der Waals surface area (Å²) < 4.78 is 0. The molecule has 0 saturated carbocycles. The lowest BCUT2D eigenvalue weighted by Crippen LogP contribution is -2.40. The van der Waals surface area contributed by atoms with Crippen LogP contribution in [0.25, 0.3) is 0 Å². The lowest BCUT2D eigenvalue weighted by Gasteiger charge is -2.21. The topological polar surface area (TPSA) is 132 Å². The molecule has 1 saturated heterocycles. The Bertz CT molecular complexity index is 635. The Balaban J connectivity index is 2.42. The van der Waals surface area contributed by atoms with Gasteiger partial charge in [-0.2, -0.15) is 0 Å². The third-order valence-electron chi connectivity index (χ3n) is 3.47. The molecule has 0 spiro atoms. The zero-order valence-corrected chi connectivity index (χ0v) is 11.4. The summed E-state index contributed by atoms with van der Waals surface area (Å²) in [4.78, 5) is 46.7. The Morgan fingerprint density at radius 2 is 1.41 bits per heavy atom. The third kappa shape index (κ3) is 2.90. The van der Waals surface area contributed by atoms with Crippen LogP contribution in [0.2, 0.25) is 0 Å². The zero-order valence-electron chi connectivity index (χ0n) is 11.4. The van der Waals surface area contributed by atoms with Gasteiger partial charge in [0.25, 0.3) is 5.91 Å². The molecule has 1 aliphatic heterocycles. The van der Waals surface area contributed by atoms with Crippen LogP contribution in [0.4, 0.5) is 0 Å². The number of amides is 1. The fraction of sp³-hybridized carbons (Fsp3) is 0.286. The van der Waals surface area contributed by atoms with Crippen LogP contribution in [0, 0.1) is 0 Å². The third-order valence-corrected chi connectivity index (χ3v) is 3.47. The van der Waals surface area contributed by atoms with Gasteiger partial charge in [0.05, 0.1) is 11.1 Å². The lowest BCUT2D eigenvalue weighted by atomic mass is 10.0. The molecule has 22 heavy (non-hydrogen) atoms. The van der Waals surface area contributed by atoms with E-state index < -0.39 is 29.9 Å². The number of rotatable bonds is 4. The predicted molar refractivity (Wildman–Crippen MR) is 72.1 cm³/mol. The first kappa shape index (κ1) is 15.5. The molecule has 1 aromatic rings. The van der Waals surface area contributed by atoms with E-state index in [1.807, 2.05) is 0 Å². The number of carboxylic acids is 3. The molecule has 1 amide bonds. The first-order valence-electron chi connectivity index (χ1n) is 6.46. The van der Waals surface area contributed by atoms with E-state index in [4.69, 9.17) is 15.3 Å². The Morgan fingerprint density at radius 1 is 0.909 bits per heavy atom. The zero-order chi connectivity index (χ0) is 16.4. The van der Waals surface area contributed by atoms with Crippen molar-refractivity contribution < 1.29 is 34.5 Å². The maximum Gasteiger partial charge on any atom is 0.335 e. The SMILES string of the molecule is O=C(O)c1cc(C(=O)O)cc(C(=O)N2CCC[C@@H]2C(=O)O)c1. The summed E-state index contributed by atoms with van der Waals surface area (Å²) in [6.45, 7) is 0.232. The van der Waals surface area contributed by atoms with Gasteiger partial charge in [-0.15, -0.1) is 0 Å². The van der Waals surface area contributed by atoms with Crippen molar-refractivity contribution >= 4 is 23.8 Å². The van der Waals surface area contributed by atoms with E-state index in [1.165, 1.54) is 0 Å². The normalized spacial score (nSPS) is 17.3. The average Bonchev–Trinajstić information content (AvgIpc) is 2.95. The second-order valence-corrected chi connectivity index (χ2v) is 4.90. The summed E-state index contributed by atoms with van der Waals surface area (Å²) in [7, 11) is 0. The van der Waals surface area contributed by atoms with Gasteiger partial charge < -0.3 is 20.2 Å². The van der Waals surface area contributed by atoms with Crippen LogP contribution in [0.5, 0.6) is 0 Å². The van der Waals surface area contributed by atoms with Gasteiger partial charge >= 0.3 is 17.9 Å². The molecule has 3 N–H and O–H groups in total. The van der Waals surface area contributed by atoms with E-state index in [0.717, 1.165) is 23.1 Å². The summed E-state index contributed by atoms with van der Waals surface area (Å²) in [5.41, 5.74) is -0.825. The second kappa shape index (κ2) is 5.84. The molecule has 1 atom stereocenters. The van der Waals surface area contributed by atoms with E-state index in [-0.39, 0.29) is 23.2 Å². The quantitative estimate of drug-likeness (QED) is 0.748. The molecule has 8 heteroatoms. The number of aromatic carboxylic acids is 2. The summed E-state index contributed by atoms with van der Waals surface area (Å²) in [6.07, 6.45) is 0.832. The highest BCUT2D eigenvalue weighted by atomic mass is 16.4. The van der Waals surface area contributed by atoms with Crippen LogP contribution in [0.1, 0.15) is 43.9 Å². The first-order valence-corrected chi connectivity index (χ1v) is 6.46. The lowest BCUT2D eigenvalue weighted by molar-refractivity contribution is -0.141. The highest BCUT2D eigenvalue weighted by Crippen LogP contribution is 2.22. The smallest absolute Gasteiger partial charge is 0.335 e. The van der Waals surface area contributed by atoms with Crippen molar-refractivity contribution in [1.82, 2.24) is 4.90 Å². The highest BCUT2D eigenvalue weighted by molar-refractivity contribution is 6.02. The van der Waals surface area contributed by atoms with Crippen molar-refractivity contribution in [3.63, 3.8) is 0 Å². The minimum atomic E-state index is -1.37. The van der Waals surface area contributed by atoms with Gasteiger partial charge in [-0.25, -0.2) is 14.4 Å². The van der Waals surface area contributed by atoms with Crippen molar-refractivity contribution in [3.05, 3.63) is 34.9 Å². The Labute approximate surface area is 124 Å². The Hall–Kier alpha value is -2.90. The minimum Gasteiger partial charge on any atom is -0.480 e. The van der Waals surface area contributed by atoms with Crippen LogP contribution >= 0.6 is 0 Å². The molecule has 0 bridgehead atoms. The van der Waals surface area contributed by atoms with Crippen molar-refractivity contribution in [3.8, 4) is 0 Å². The summed E-state index contributed by atoms with van der Waals surface area (Å²) in [6, 6.07) is 2.07. The highest BCUT2D eigenvalue weighted by Gasteiger charge is 2.34. The fourth-order valence-corrected chi connectivity index (χ4v) is 2.43. The molecule has 0 aromatic heterocycles. The standard InChI is InChI=1S/C14H13NO7/c16-11(15-3-1-2-10(15)14(21)22)7-4-8(12(17)18)6-9(5-7)13(19)20/h4-6,10H,1-3H2,(H,17,18)(H,19,20)(H,21,22)/t10-/m1/s1. The van der Waals surface area contributed by atoms with Crippen LogP contribution < -0.4 is 0 Å². The number of carboxylic acid groups (broad SMARTS) is 3. The molecule has 0 unspecified atom stereocenters. The molecule has 1 fully saturated rings. The minimum absolute atomic E-state index is 0.148. The van der Waals surface area contributed by atoms with E-state index in [1.54, 1.807) is 0 Å². The maximum absolute atomic E-state index is 12.4. The number of likely N-dealkylation sites (tertiary alicyclic amines) is 1. The average molecular weight is 307 g/mol. The van der Waals surface area contributed by atoms with Crippen LogP contribution in [0.15, 0.2) is 18.2 Å². The van der Waals surface area contributed by atoms with E-state index in [9.17, 15) is 19.2 Å². The van der Waals surface area contributed by atoms with E-state index in [2.05, 4.69) is 0 Å². The van der Waals surface area contributed by atoms with Crippen LogP contribution in [0.3, 0.4) is 0 Å². The second-order valence-electron chi connectivity index (χ2n) is 4.90. The van der Waals surface area contributed by atoms with Crippen molar-refractivity contribution in [2.75, 3.05) is 6.54 Å². The number of carbonyl (C=O) groups excluding carboxylic acids is 1. The molecule has 0 aliphatic carbocycles. The van der Waals surface area contributed by atoms with Crippen LogP contribution in [-0.2, 0) is 4.79 Å². The van der Waals surface area contributed by atoms with E-state index in [0.29, 0.717) is 12.8 Å². The molecule has 2 rings (SSSR count). The van der Waals surface area contributed by atoms with Gasteiger partial charge in [-0.05, 0) is 31.0 Å². The van der Waals surface area contributed by atoms with Gasteiger partial charge in [0.15, 0.2) is 0 Å². The largest absolute Gasteiger partial charge is 0.480 e. The van der Waals surface area contributed by atoms with Gasteiger partial charge in [-0.1, -0.05) is 0 Å². The number of aliphatic carboxylic acids is 1. The molecule has 8 nitrogen and oxygen atoms in total. The molecule has 1 heterocycles. The number of benzene rings is 1. The number of nitrogens with zero attached hydrogens (tertiary/aromatic N) is 1. The maximum atomic E-state index is 12.4. The van der Waals surface area contributed by atoms with Crippen molar-refractivity contribution in [1.29, 1.82) is 0 Å². The number of hydrogen-bond acceptors (Lipinski definition) is 4. The molecule has 116 valence electrons. The predicted octanol–water partition coefficient (Wildman–Crippen LogP) is 0.772. The van der Waals surface area contributed by atoms with Crippen LogP contribution in [-0.4, -0.2) is 56.6 Å². The molecular formula is C14H13NO7. The van der Waals surface area contributed by atoms with Gasteiger partial charge in [0.2, 0.25) is 0 Å². The summed E-state index contributed by atoms with van der Waals surface area (Å²) in [5, 5.41) is 27.1. The first-order chi connectivity index (χ1) is 10.3. The summed E-state index contributed by atoms with van der Waals surface area (Å²) in [5.74, 6) is -4.56. The fourth-order valence-electron chi connectivity index (χ4n) is 2.43. The summed E-state index contributed by atoms with van der Waals surface area (Å²) >= 11 is 0. The van der Waals surface area contributed by atoms with Gasteiger partial charge in [0.1, 0.15) is 6.04 Å². The molecule has 0 radical (unpaired) electrons. The Morgan fingerprint density at radius 3 is 1.86 bits per heavy atom. The van der Waals surface area contributed by atoms with Gasteiger partial charge in [-0.3, -0.25) is 4.79 Å². The molecule has 1 aromatic carbocycles. The van der Waals surface area contributed by atoms with Crippen molar-refractivity contribution in [2.24, 2.45) is 0 Å². The van der Waals surface area contributed by atoms with Gasteiger partial charge in [0, 0.05) is 12.1 Å². The monoisotopic (exact) mass is 307 g/mol. The molecule has 1 aliphatic rings. The number of carbonyl (C=O) groups is 4. The molecular weight excluding hydrogens is 294 g/mol. The Kier molecular flexibility index (Phi) is 4.11. The van der Waals surface area contributed by atoms with E-state index >= 15 is 0 Å².